The molecule has 116 valence electrons. The Balaban J connectivity index is 3.33. The normalized spacial score (nSPS) is 17.0. The zero-order chi connectivity index (χ0) is 18.6. The highest BCUT2D eigenvalue weighted by Gasteiger charge is 2.36. The average molecular weight is 358 g/mol. The summed E-state index contributed by atoms with van der Waals surface area (Å²) >= 11 is 3.32. The van der Waals surface area contributed by atoms with Gasteiger partial charge in [-0.25, -0.2) is 0 Å². The molecule has 0 aliphatic rings. The molecule has 1 aromatic rings. The van der Waals surface area contributed by atoms with Gasteiger partial charge in [0.2, 0.25) is 0 Å². The second-order valence-electron chi connectivity index (χ2n) is 5.87. The Hall–Kier alpha value is -1.16. The third kappa shape index (κ3) is 4.67. The number of aldehydes is 1. The van der Waals surface area contributed by atoms with Crippen molar-refractivity contribution in [2.45, 2.75) is 45.4 Å². The molecule has 1 rings (SSSR count). The van der Waals surface area contributed by atoms with E-state index in [4.69, 9.17) is 8.85 Å². The number of esters is 1. The van der Waals surface area contributed by atoms with E-state index < -0.39 is 23.7 Å². The molecular weight excluding hydrogens is 332 g/mol. The van der Waals surface area contributed by atoms with Gasteiger partial charge in [0.05, 0.1) is 12.5 Å². The van der Waals surface area contributed by atoms with E-state index >= 15 is 0 Å². The second-order valence-corrected chi connectivity index (χ2v) is 6.78. The van der Waals surface area contributed by atoms with Crippen LogP contribution in [0.2, 0.25) is 0 Å². The van der Waals surface area contributed by atoms with Crippen molar-refractivity contribution in [2.24, 2.45) is 5.41 Å². The Morgan fingerprint density at radius 1 is 1.43 bits per heavy atom. The van der Waals surface area contributed by atoms with Crippen molar-refractivity contribution in [3.8, 4) is 0 Å². The van der Waals surface area contributed by atoms with Crippen molar-refractivity contribution in [1.82, 2.24) is 0 Å². The predicted octanol–water partition coefficient (Wildman–Crippen LogP) is 4.28. The molecule has 0 fully saturated rings. The number of halogens is 1. The van der Waals surface area contributed by atoms with Gasteiger partial charge in [-0.1, -0.05) is 48.3 Å². The van der Waals surface area contributed by atoms with Crippen LogP contribution < -0.4 is 0 Å². The number of hydrogen-bond acceptors (Lipinski definition) is 3. The molecule has 21 heavy (non-hydrogen) atoms. The van der Waals surface area contributed by atoms with Crippen molar-refractivity contribution >= 4 is 28.2 Å². The first kappa shape index (κ1) is 13.5. The second kappa shape index (κ2) is 7.21. The summed E-state index contributed by atoms with van der Waals surface area (Å²) < 4.78 is 29.6. The molecule has 1 aromatic carbocycles. The molecule has 4 heteroatoms. The van der Waals surface area contributed by atoms with E-state index in [9.17, 15) is 9.59 Å². The minimum absolute atomic E-state index is 0.0733. The van der Waals surface area contributed by atoms with Gasteiger partial charge < -0.3 is 9.53 Å². The zero-order valence-corrected chi connectivity index (χ0v) is 14.2. The van der Waals surface area contributed by atoms with E-state index in [1.165, 1.54) is 7.11 Å². The van der Waals surface area contributed by atoms with E-state index in [2.05, 4.69) is 15.9 Å². The lowest BCUT2D eigenvalue weighted by molar-refractivity contribution is -0.147. The van der Waals surface area contributed by atoms with Gasteiger partial charge in [0.15, 0.2) is 0 Å². The summed E-state index contributed by atoms with van der Waals surface area (Å²) in [4.78, 5) is 23.6. The van der Waals surface area contributed by atoms with Crippen LogP contribution in [-0.4, -0.2) is 19.4 Å². The standard InChI is InChI=1S/C17H23BrO3/c1-16(2,12-19)9-6-10-17(3,15(20)21-4)13-7-5-8-14(18)11-13/h5,7-8,11-12H,6,9-10H2,1-4H3/i3D3. The first-order valence-corrected chi connectivity index (χ1v) is 7.60. The van der Waals surface area contributed by atoms with Gasteiger partial charge in [0.1, 0.15) is 6.29 Å². The Morgan fingerprint density at radius 3 is 2.67 bits per heavy atom. The largest absolute Gasteiger partial charge is 0.468 e. The lowest BCUT2D eigenvalue weighted by Crippen LogP contribution is -2.34. The average Bonchev–Trinajstić information content (AvgIpc) is 2.49. The highest BCUT2D eigenvalue weighted by molar-refractivity contribution is 9.10. The molecule has 0 aliphatic heterocycles. The maximum Gasteiger partial charge on any atom is 0.315 e. The quantitative estimate of drug-likeness (QED) is 0.540. The van der Waals surface area contributed by atoms with Gasteiger partial charge in [0.25, 0.3) is 0 Å². The Kier molecular flexibility index (Phi) is 4.63. The molecular formula is C17H23BrO3. The SMILES string of the molecule is [2H]C([2H])([2H])C(CCCC(C)(C)C=O)(C(=O)OC)c1cccc(Br)c1. The molecule has 0 saturated heterocycles. The van der Waals surface area contributed by atoms with E-state index in [1.807, 2.05) is 0 Å². The molecule has 0 aromatic heterocycles. The molecule has 1 unspecified atom stereocenters. The highest BCUT2D eigenvalue weighted by atomic mass is 79.9. The first-order valence-electron chi connectivity index (χ1n) is 8.31. The van der Waals surface area contributed by atoms with Gasteiger partial charge in [-0.15, -0.1) is 0 Å². The third-order valence-corrected chi connectivity index (χ3v) is 4.04. The Morgan fingerprint density at radius 2 is 2.14 bits per heavy atom. The number of methoxy groups -OCH3 is 1. The Labute approximate surface area is 139 Å². The van der Waals surface area contributed by atoms with Crippen molar-refractivity contribution in [1.29, 1.82) is 0 Å². The monoisotopic (exact) mass is 357 g/mol. The molecule has 0 saturated carbocycles. The van der Waals surface area contributed by atoms with E-state index in [0.717, 1.165) is 6.29 Å². The van der Waals surface area contributed by atoms with Crippen molar-refractivity contribution in [3.63, 3.8) is 0 Å². The summed E-state index contributed by atoms with van der Waals surface area (Å²) in [5.74, 6) is -0.787. The van der Waals surface area contributed by atoms with Crippen LogP contribution in [-0.2, 0) is 19.7 Å². The first-order chi connectivity index (χ1) is 11.0. The van der Waals surface area contributed by atoms with Crippen LogP contribution in [0.3, 0.4) is 0 Å². The number of carbonyl (C=O) groups is 2. The summed E-state index contributed by atoms with van der Waals surface area (Å²) in [6.07, 6.45) is 1.82. The van der Waals surface area contributed by atoms with Gasteiger partial charge in [-0.05, 0) is 37.4 Å². The topological polar surface area (TPSA) is 43.4 Å². The number of rotatable bonds is 7. The summed E-state index contributed by atoms with van der Waals surface area (Å²) in [5.41, 5.74) is -1.94. The van der Waals surface area contributed by atoms with Crippen LogP contribution in [0, 0.1) is 5.41 Å². The van der Waals surface area contributed by atoms with E-state index in [-0.39, 0.29) is 6.42 Å². The smallest absolute Gasteiger partial charge is 0.315 e. The fourth-order valence-electron chi connectivity index (χ4n) is 2.16. The summed E-state index contributed by atoms with van der Waals surface area (Å²) in [6, 6.07) is 6.71. The predicted molar refractivity (Wildman–Crippen MR) is 87.2 cm³/mol. The highest BCUT2D eigenvalue weighted by Crippen LogP contribution is 2.34. The van der Waals surface area contributed by atoms with Crippen LogP contribution in [0.4, 0.5) is 0 Å². The lowest BCUT2D eigenvalue weighted by Gasteiger charge is -2.28. The molecule has 0 bridgehead atoms. The van der Waals surface area contributed by atoms with Gasteiger partial charge >= 0.3 is 5.97 Å². The summed E-state index contributed by atoms with van der Waals surface area (Å²) in [6.45, 7) is 0.995. The third-order valence-electron chi connectivity index (χ3n) is 3.54. The molecule has 0 spiro atoms. The Bertz CT molecular complexity index is 599. The molecule has 1 atom stereocenters. The number of hydrogen-bond donors (Lipinski definition) is 0. The van der Waals surface area contributed by atoms with Crippen LogP contribution in [0.15, 0.2) is 28.7 Å². The maximum atomic E-state index is 12.6. The van der Waals surface area contributed by atoms with Crippen LogP contribution in [0.5, 0.6) is 0 Å². The summed E-state index contributed by atoms with van der Waals surface area (Å²) in [5, 5.41) is 0. The van der Waals surface area contributed by atoms with Crippen LogP contribution in [0.25, 0.3) is 0 Å². The maximum absolute atomic E-state index is 12.6. The molecule has 0 amide bonds. The fraction of sp³-hybridized carbons (Fsp3) is 0.529. The van der Waals surface area contributed by atoms with Crippen LogP contribution in [0.1, 0.15) is 49.6 Å². The number of carbonyl (C=O) groups excluding carboxylic acids is 2. The van der Waals surface area contributed by atoms with Crippen LogP contribution >= 0.6 is 15.9 Å². The molecule has 0 radical (unpaired) electrons. The van der Waals surface area contributed by atoms with Crippen molar-refractivity contribution < 1.29 is 18.4 Å². The molecule has 3 nitrogen and oxygen atoms in total. The van der Waals surface area contributed by atoms with Gasteiger partial charge in [-0.2, -0.15) is 0 Å². The minimum Gasteiger partial charge on any atom is -0.468 e. The summed E-state index contributed by atoms with van der Waals surface area (Å²) in [7, 11) is 1.19. The zero-order valence-electron chi connectivity index (χ0n) is 15.6. The lowest BCUT2D eigenvalue weighted by atomic mass is 9.76. The van der Waals surface area contributed by atoms with Gasteiger partial charge in [0, 0.05) is 14.0 Å². The minimum atomic E-state index is -2.58. The molecule has 0 N–H and O–H groups in total. The van der Waals surface area contributed by atoms with Crippen molar-refractivity contribution in [2.75, 3.05) is 7.11 Å². The fourth-order valence-corrected chi connectivity index (χ4v) is 2.56. The van der Waals surface area contributed by atoms with Crippen molar-refractivity contribution in [3.05, 3.63) is 34.3 Å². The molecule has 0 aliphatic carbocycles. The van der Waals surface area contributed by atoms with E-state index in [0.29, 0.717) is 22.9 Å². The van der Waals surface area contributed by atoms with E-state index in [1.54, 1.807) is 38.1 Å². The molecule has 0 heterocycles. The number of ether oxygens (including phenoxy) is 1. The van der Waals surface area contributed by atoms with Gasteiger partial charge in [-0.3, -0.25) is 4.79 Å². The number of benzene rings is 1.